The number of benzene rings is 2. The van der Waals surface area contributed by atoms with E-state index in [0.717, 1.165) is 40.7 Å². The van der Waals surface area contributed by atoms with Gasteiger partial charge in [0.15, 0.2) is 0 Å². The molecule has 2 amide bonds. The fourth-order valence-corrected chi connectivity index (χ4v) is 5.01. The molecule has 0 aliphatic heterocycles. The standard InChI is InChI=1S/C27H36F3N3O5S/c1-5-16-31-26(35)24(6-2)32(19-20-12-14-23(38-3)15-13-20)25(34)11-8-17-33(39(4,36)37)22-10-7-9-21(18-22)27(28,29)30/h7,9-10,12-15,18,24H,5-6,8,11,16-17,19H2,1-4H3,(H,31,35). The van der Waals surface area contributed by atoms with E-state index < -0.39 is 27.8 Å². The van der Waals surface area contributed by atoms with Gasteiger partial charge < -0.3 is 15.0 Å². The van der Waals surface area contributed by atoms with Gasteiger partial charge in [-0.25, -0.2) is 8.42 Å². The largest absolute Gasteiger partial charge is 0.497 e. The van der Waals surface area contributed by atoms with Gasteiger partial charge in [0, 0.05) is 26.1 Å². The SMILES string of the molecule is CCCNC(=O)C(CC)N(Cc1ccc(OC)cc1)C(=O)CCCN(c1cccc(C(F)(F)F)c1)S(C)(=O)=O. The Morgan fingerprint density at radius 3 is 2.28 bits per heavy atom. The Morgan fingerprint density at radius 2 is 1.74 bits per heavy atom. The van der Waals surface area contributed by atoms with Crippen LogP contribution in [0.3, 0.4) is 0 Å². The molecule has 0 spiro atoms. The quantitative estimate of drug-likeness (QED) is 0.358. The smallest absolute Gasteiger partial charge is 0.416 e. The Morgan fingerprint density at radius 1 is 1.08 bits per heavy atom. The first-order chi connectivity index (χ1) is 18.3. The van der Waals surface area contributed by atoms with E-state index in [0.29, 0.717) is 18.7 Å². The van der Waals surface area contributed by atoms with Gasteiger partial charge in [-0.15, -0.1) is 0 Å². The highest BCUT2D eigenvalue weighted by Gasteiger charge is 2.32. The minimum absolute atomic E-state index is 0.0360. The highest BCUT2D eigenvalue weighted by molar-refractivity contribution is 7.92. The zero-order valence-electron chi connectivity index (χ0n) is 22.6. The van der Waals surface area contributed by atoms with Crippen molar-refractivity contribution in [1.29, 1.82) is 0 Å². The van der Waals surface area contributed by atoms with Crippen LogP contribution in [0.15, 0.2) is 48.5 Å². The lowest BCUT2D eigenvalue weighted by molar-refractivity contribution is -0.141. The second-order valence-electron chi connectivity index (χ2n) is 9.07. The van der Waals surface area contributed by atoms with Gasteiger partial charge in [0.1, 0.15) is 11.8 Å². The Kier molecular flexibility index (Phi) is 11.6. The monoisotopic (exact) mass is 571 g/mol. The number of halogens is 3. The van der Waals surface area contributed by atoms with E-state index in [1.54, 1.807) is 31.2 Å². The van der Waals surface area contributed by atoms with Crippen molar-refractivity contribution in [3.05, 3.63) is 59.7 Å². The average molecular weight is 572 g/mol. The molecule has 2 aromatic rings. The molecule has 1 N–H and O–H groups in total. The van der Waals surface area contributed by atoms with E-state index in [1.165, 1.54) is 18.1 Å². The molecule has 39 heavy (non-hydrogen) atoms. The molecular formula is C27H36F3N3O5S. The van der Waals surface area contributed by atoms with Gasteiger partial charge >= 0.3 is 6.18 Å². The van der Waals surface area contributed by atoms with Crippen molar-refractivity contribution in [2.24, 2.45) is 0 Å². The van der Waals surface area contributed by atoms with E-state index in [9.17, 15) is 31.2 Å². The average Bonchev–Trinajstić information content (AvgIpc) is 2.88. The lowest BCUT2D eigenvalue weighted by Crippen LogP contribution is -2.49. The second kappa shape index (κ2) is 14.2. The lowest BCUT2D eigenvalue weighted by Gasteiger charge is -2.31. The minimum Gasteiger partial charge on any atom is -0.497 e. The second-order valence-corrected chi connectivity index (χ2v) is 11.0. The van der Waals surface area contributed by atoms with Crippen LogP contribution in [0.1, 0.15) is 50.7 Å². The molecule has 1 unspecified atom stereocenters. The van der Waals surface area contributed by atoms with Gasteiger partial charge in [0.2, 0.25) is 21.8 Å². The van der Waals surface area contributed by atoms with Crippen molar-refractivity contribution in [3.63, 3.8) is 0 Å². The van der Waals surface area contributed by atoms with Crippen LogP contribution in [-0.4, -0.2) is 57.6 Å². The number of carbonyl (C=O) groups excluding carboxylic acids is 2. The third-order valence-electron chi connectivity index (χ3n) is 6.06. The summed E-state index contributed by atoms with van der Waals surface area (Å²) < 4.78 is 70.5. The summed E-state index contributed by atoms with van der Waals surface area (Å²) in [7, 11) is -2.40. The number of anilines is 1. The van der Waals surface area contributed by atoms with Gasteiger partial charge in [-0.3, -0.25) is 13.9 Å². The maximum absolute atomic E-state index is 13.4. The zero-order chi connectivity index (χ0) is 29.2. The number of hydrogen-bond donors (Lipinski definition) is 1. The maximum atomic E-state index is 13.4. The number of ether oxygens (including phenoxy) is 1. The van der Waals surface area contributed by atoms with Crippen LogP contribution in [0.5, 0.6) is 5.75 Å². The van der Waals surface area contributed by atoms with Crippen molar-refractivity contribution in [2.45, 2.75) is 58.3 Å². The molecule has 0 saturated heterocycles. The number of amides is 2. The number of nitrogens with zero attached hydrogens (tertiary/aromatic N) is 2. The third kappa shape index (κ3) is 9.45. The predicted octanol–water partition coefficient (Wildman–Crippen LogP) is 4.59. The van der Waals surface area contributed by atoms with Crippen molar-refractivity contribution in [3.8, 4) is 5.75 Å². The fraction of sp³-hybridized carbons (Fsp3) is 0.481. The van der Waals surface area contributed by atoms with Gasteiger partial charge in [-0.2, -0.15) is 13.2 Å². The zero-order valence-corrected chi connectivity index (χ0v) is 23.4. The fourth-order valence-electron chi connectivity index (χ4n) is 4.05. The van der Waals surface area contributed by atoms with Crippen LogP contribution in [-0.2, 0) is 32.3 Å². The van der Waals surface area contributed by atoms with Crippen molar-refractivity contribution >= 4 is 27.5 Å². The number of sulfonamides is 1. The molecule has 0 aliphatic carbocycles. The van der Waals surface area contributed by atoms with E-state index in [4.69, 9.17) is 4.74 Å². The third-order valence-corrected chi connectivity index (χ3v) is 7.25. The van der Waals surface area contributed by atoms with E-state index in [2.05, 4.69) is 5.32 Å². The van der Waals surface area contributed by atoms with Crippen molar-refractivity contribution in [1.82, 2.24) is 10.2 Å². The van der Waals surface area contributed by atoms with E-state index in [1.807, 2.05) is 6.92 Å². The molecule has 0 aromatic heterocycles. The first-order valence-corrected chi connectivity index (χ1v) is 14.5. The highest BCUT2D eigenvalue weighted by atomic mass is 32.2. The summed E-state index contributed by atoms with van der Waals surface area (Å²) >= 11 is 0. The highest BCUT2D eigenvalue weighted by Crippen LogP contribution is 2.32. The Balaban J connectivity index is 2.25. The maximum Gasteiger partial charge on any atom is 0.416 e. The van der Waals surface area contributed by atoms with Crippen LogP contribution < -0.4 is 14.4 Å². The van der Waals surface area contributed by atoms with Crippen LogP contribution in [0, 0.1) is 0 Å². The summed E-state index contributed by atoms with van der Waals surface area (Å²) in [6.45, 7) is 4.11. The summed E-state index contributed by atoms with van der Waals surface area (Å²) in [4.78, 5) is 27.7. The molecule has 216 valence electrons. The topological polar surface area (TPSA) is 96.0 Å². The van der Waals surface area contributed by atoms with Gasteiger partial charge in [0.05, 0.1) is 24.6 Å². The summed E-state index contributed by atoms with van der Waals surface area (Å²) in [5.74, 6) is -0.0236. The molecule has 12 heteroatoms. The summed E-state index contributed by atoms with van der Waals surface area (Å²) in [5, 5.41) is 2.82. The van der Waals surface area contributed by atoms with E-state index in [-0.39, 0.29) is 43.4 Å². The molecule has 0 aliphatic rings. The van der Waals surface area contributed by atoms with E-state index >= 15 is 0 Å². The van der Waals surface area contributed by atoms with Crippen molar-refractivity contribution < 1.29 is 35.9 Å². The molecular weight excluding hydrogens is 535 g/mol. The Hall–Kier alpha value is -3.28. The number of carbonyl (C=O) groups is 2. The van der Waals surface area contributed by atoms with Gasteiger partial charge in [-0.05, 0) is 55.2 Å². The number of rotatable bonds is 14. The van der Waals surface area contributed by atoms with Crippen LogP contribution in [0.2, 0.25) is 0 Å². The molecule has 0 radical (unpaired) electrons. The molecule has 8 nitrogen and oxygen atoms in total. The predicted molar refractivity (Wildman–Crippen MR) is 144 cm³/mol. The van der Waals surface area contributed by atoms with Gasteiger partial charge in [-0.1, -0.05) is 32.0 Å². The minimum atomic E-state index is -4.63. The number of nitrogens with one attached hydrogen (secondary N) is 1. The number of methoxy groups -OCH3 is 1. The summed E-state index contributed by atoms with van der Waals surface area (Å²) in [6.07, 6.45) is -2.73. The molecule has 2 aromatic carbocycles. The first-order valence-electron chi connectivity index (χ1n) is 12.7. The molecule has 0 saturated carbocycles. The lowest BCUT2D eigenvalue weighted by atomic mass is 10.1. The Bertz CT molecular complexity index is 1200. The Labute approximate surface area is 228 Å². The summed E-state index contributed by atoms with van der Waals surface area (Å²) in [6, 6.07) is 10.4. The van der Waals surface area contributed by atoms with Crippen molar-refractivity contribution in [2.75, 3.05) is 30.8 Å². The molecule has 1 atom stereocenters. The van der Waals surface area contributed by atoms with Crippen LogP contribution in [0.4, 0.5) is 18.9 Å². The normalized spacial score (nSPS) is 12.5. The van der Waals surface area contributed by atoms with Crippen LogP contribution in [0.25, 0.3) is 0 Å². The van der Waals surface area contributed by atoms with Gasteiger partial charge in [0.25, 0.3) is 0 Å². The molecule has 0 heterocycles. The van der Waals surface area contributed by atoms with Crippen LogP contribution >= 0.6 is 0 Å². The summed E-state index contributed by atoms with van der Waals surface area (Å²) in [5.41, 5.74) is -0.341. The molecule has 0 bridgehead atoms. The number of alkyl halides is 3. The molecule has 0 fully saturated rings. The molecule has 2 rings (SSSR count). The first kappa shape index (κ1) is 31.9. The number of hydrogen-bond acceptors (Lipinski definition) is 5.